The van der Waals surface area contributed by atoms with Gasteiger partial charge in [0.2, 0.25) is 5.91 Å². The molecular weight excluding hydrogens is 478 g/mol. The molecule has 3 amide bonds. The van der Waals surface area contributed by atoms with E-state index in [9.17, 15) is 9.59 Å². The van der Waals surface area contributed by atoms with Gasteiger partial charge in [-0.1, -0.05) is 69.2 Å². The molecule has 0 aromatic heterocycles. The number of benzene rings is 2. The van der Waals surface area contributed by atoms with Crippen LogP contribution >= 0.6 is 0 Å². The van der Waals surface area contributed by atoms with E-state index < -0.39 is 17.7 Å². The number of imide groups is 1. The van der Waals surface area contributed by atoms with E-state index in [0.717, 1.165) is 50.9 Å². The molecule has 7 nitrogen and oxygen atoms in total. The van der Waals surface area contributed by atoms with Crippen LogP contribution in [0, 0.1) is 12.3 Å². The minimum atomic E-state index is -0.702. The lowest BCUT2D eigenvalue weighted by molar-refractivity contribution is -0.191. The number of ether oxygens (including phenoxy) is 2. The van der Waals surface area contributed by atoms with Crippen molar-refractivity contribution in [3.8, 4) is 5.75 Å². The highest BCUT2D eigenvalue weighted by molar-refractivity contribution is 6.03. The predicted molar refractivity (Wildman–Crippen MR) is 151 cm³/mol. The standard InChI is InChI=1S/C31H45N3O4/c1-6-10-27(25-15-11-23(4)12-16-25)33-30(36)34-28(35)31(7-2,8-3)29(34)38-26-17-13-24(14-18-26)19-21-32-20-9-22-37-5/h11-18,27,29,32H,6-10,19-22H2,1-5H3,(H,33,36)/t27-,29+/m1/s1. The van der Waals surface area contributed by atoms with Gasteiger partial charge in [0, 0.05) is 13.7 Å². The first kappa shape index (κ1) is 29.7. The molecule has 0 unspecified atom stereocenters. The van der Waals surface area contributed by atoms with E-state index in [1.165, 1.54) is 16.0 Å². The third kappa shape index (κ3) is 6.94. The van der Waals surface area contributed by atoms with Gasteiger partial charge in [0.05, 0.1) is 6.04 Å². The van der Waals surface area contributed by atoms with Gasteiger partial charge >= 0.3 is 6.03 Å². The topological polar surface area (TPSA) is 79.9 Å². The molecule has 1 aliphatic rings. The highest BCUT2D eigenvalue weighted by Crippen LogP contribution is 2.46. The maximum Gasteiger partial charge on any atom is 0.327 e. The van der Waals surface area contributed by atoms with E-state index in [0.29, 0.717) is 18.6 Å². The van der Waals surface area contributed by atoms with Gasteiger partial charge in [-0.05, 0) is 75.4 Å². The molecule has 2 atom stereocenters. The minimum absolute atomic E-state index is 0.165. The van der Waals surface area contributed by atoms with Gasteiger partial charge in [-0.3, -0.25) is 4.79 Å². The Balaban J connectivity index is 1.68. The summed E-state index contributed by atoms with van der Waals surface area (Å²) in [5, 5.41) is 6.53. The second kappa shape index (κ2) is 14.3. The fraction of sp³-hybridized carbons (Fsp3) is 0.548. The molecule has 0 bridgehead atoms. The summed E-state index contributed by atoms with van der Waals surface area (Å²) in [5.74, 6) is 0.493. The fourth-order valence-electron chi connectivity index (χ4n) is 5.09. The largest absolute Gasteiger partial charge is 0.469 e. The Morgan fingerprint density at radius 1 is 1.03 bits per heavy atom. The molecule has 38 heavy (non-hydrogen) atoms. The number of carbonyl (C=O) groups is 2. The zero-order valence-corrected chi connectivity index (χ0v) is 23.7. The summed E-state index contributed by atoms with van der Waals surface area (Å²) in [6.07, 6.45) is 4.19. The van der Waals surface area contributed by atoms with Gasteiger partial charge in [0.1, 0.15) is 11.2 Å². The number of nitrogens with one attached hydrogen (secondary N) is 2. The minimum Gasteiger partial charge on any atom is -0.469 e. The number of hydrogen-bond donors (Lipinski definition) is 2. The van der Waals surface area contributed by atoms with Crippen molar-refractivity contribution in [2.75, 3.05) is 26.8 Å². The van der Waals surface area contributed by atoms with Crippen molar-refractivity contribution >= 4 is 11.9 Å². The molecule has 0 radical (unpaired) electrons. The average molecular weight is 524 g/mol. The van der Waals surface area contributed by atoms with Crippen molar-refractivity contribution in [2.24, 2.45) is 5.41 Å². The highest BCUT2D eigenvalue weighted by Gasteiger charge is 2.63. The Kier molecular flexibility index (Phi) is 11.2. The molecule has 2 N–H and O–H groups in total. The molecule has 1 saturated heterocycles. The third-order valence-electron chi connectivity index (χ3n) is 7.65. The van der Waals surface area contributed by atoms with E-state index in [-0.39, 0.29) is 11.9 Å². The maximum absolute atomic E-state index is 13.4. The van der Waals surface area contributed by atoms with Crippen LogP contribution in [-0.4, -0.2) is 49.9 Å². The normalized spacial score (nSPS) is 17.1. The Hall–Kier alpha value is -2.90. The first-order valence-electron chi connectivity index (χ1n) is 14.1. The van der Waals surface area contributed by atoms with Crippen LogP contribution in [0.1, 0.15) is 75.6 Å². The zero-order chi connectivity index (χ0) is 27.5. The molecule has 7 heteroatoms. The molecule has 0 aliphatic carbocycles. The van der Waals surface area contributed by atoms with Gasteiger partial charge < -0.3 is 20.1 Å². The molecule has 3 rings (SSSR count). The number of hydrogen-bond acceptors (Lipinski definition) is 5. The summed E-state index contributed by atoms with van der Waals surface area (Å²) in [5.41, 5.74) is 2.71. The van der Waals surface area contributed by atoms with Crippen LogP contribution in [0.2, 0.25) is 0 Å². The van der Waals surface area contributed by atoms with Gasteiger partial charge in [-0.25, -0.2) is 9.69 Å². The molecule has 1 fully saturated rings. The molecule has 2 aromatic rings. The summed E-state index contributed by atoms with van der Waals surface area (Å²) >= 11 is 0. The van der Waals surface area contributed by atoms with Crippen LogP contribution < -0.4 is 15.4 Å². The second-order valence-electron chi connectivity index (χ2n) is 10.2. The smallest absolute Gasteiger partial charge is 0.327 e. The van der Waals surface area contributed by atoms with Crippen LogP contribution in [0.25, 0.3) is 0 Å². The number of urea groups is 1. The van der Waals surface area contributed by atoms with Crippen LogP contribution in [0.3, 0.4) is 0 Å². The first-order valence-corrected chi connectivity index (χ1v) is 14.1. The number of β-lactam (4-membered cyclic amide) rings is 1. The summed E-state index contributed by atoms with van der Waals surface area (Å²) in [4.78, 5) is 28.1. The predicted octanol–water partition coefficient (Wildman–Crippen LogP) is 5.77. The maximum atomic E-state index is 13.4. The zero-order valence-electron chi connectivity index (χ0n) is 23.7. The van der Waals surface area contributed by atoms with Crippen LogP contribution in [0.4, 0.5) is 4.79 Å². The average Bonchev–Trinajstić information content (AvgIpc) is 2.92. The SMILES string of the molecule is CCC[C@@H](NC(=O)N1C(=O)C(CC)(CC)[C@@H]1Oc1ccc(CCNCCCOC)cc1)c1ccc(C)cc1. The number of likely N-dealkylation sites (tertiary alicyclic amines) is 1. The number of aryl methyl sites for hydroxylation is 1. The van der Waals surface area contributed by atoms with Crippen molar-refractivity contribution in [3.05, 3.63) is 65.2 Å². The molecule has 1 aliphatic heterocycles. The number of nitrogens with zero attached hydrogens (tertiary/aromatic N) is 1. The van der Waals surface area contributed by atoms with Crippen LogP contribution in [-0.2, 0) is 16.0 Å². The van der Waals surface area contributed by atoms with Crippen molar-refractivity contribution in [3.63, 3.8) is 0 Å². The summed E-state index contributed by atoms with van der Waals surface area (Å²) in [7, 11) is 1.72. The first-order chi connectivity index (χ1) is 18.4. The Bertz CT molecular complexity index is 1020. The van der Waals surface area contributed by atoms with Crippen molar-refractivity contribution in [1.29, 1.82) is 0 Å². The van der Waals surface area contributed by atoms with E-state index in [4.69, 9.17) is 9.47 Å². The number of rotatable bonds is 15. The van der Waals surface area contributed by atoms with Crippen LogP contribution in [0.5, 0.6) is 5.75 Å². The summed E-state index contributed by atoms with van der Waals surface area (Å²) in [6, 6.07) is 15.6. The molecule has 1 heterocycles. The molecule has 2 aromatic carbocycles. The molecule has 0 saturated carbocycles. The Morgan fingerprint density at radius 3 is 2.32 bits per heavy atom. The number of methoxy groups -OCH3 is 1. The van der Waals surface area contributed by atoms with Gasteiger partial charge in [-0.2, -0.15) is 0 Å². The summed E-state index contributed by atoms with van der Waals surface area (Å²) < 4.78 is 11.4. The lowest BCUT2D eigenvalue weighted by Crippen LogP contribution is -2.73. The third-order valence-corrected chi connectivity index (χ3v) is 7.65. The van der Waals surface area contributed by atoms with E-state index in [1.807, 2.05) is 69.3 Å². The van der Waals surface area contributed by atoms with Crippen molar-refractivity contribution in [1.82, 2.24) is 15.5 Å². The number of carbonyl (C=O) groups excluding carboxylic acids is 2. The molecular formula is C31H45N3O4. The lowest BCUT2D eigenvalue weighted by Gasteiger charge is -2.53. The monoisotopic (exact) mass is 523 g/mol. The van der Waals surface area contributed by atoms with Crippen LogP contribution in [0.15, 0.2) is 48.5 Å². The lowest BCUT2D eigenvalue weighted by atomic mass is 9.72. The van der Waals surface area contributed by atoms with E-state index in [2.05, 4.69) is 17.6 Å². The summed E-state index contributed by atoms with van der Waals surface area (Å²) in [6.45, 7) is 10.7. The Morgan fingerprint density at radius 2 is 1.71 bits per heavy atom. The highest BCUT2D eigenvalue weighted by atomic mass is 16.5. The van der Waals surface area contributed by atoms with Gasteiger partial charge in [-0.15, -0.1) is 0 Å². The Labute approximate surface area is 228 Å². The van der Waals surface area contributed by atoms with E-state index in [1.54, 1.807) is 7.11 Å². The quantitative estimate of drug-likeness (QED) is 0.229. The number of amides is 3. The van der Waals surface area contributed by atoms with Gasteiger partial charge in [0.15, 0.2) is 6.23 Å². The van der Waals surface area contributed by atoms with Crippen molar-refractivity contribution in [2.45, 2.75) is 78.5 Å². The molecule has 208 valence electrons. The van der Waals surface area contributed by atoms with Crippen molar-refractivity contribution < 1.29 is 19.1 Å². The molecule has 0 spiro atoms. The van der Waals surface area contributed by atoms with Gasteiger partial charge in [0.25, 0.3) is 0 Å². The van der Waals surface area contributed by atoms with E-state index >= 15 is 0 Å². The second-order valence-corrected chi connectivity index (χ2v) is 10.2. The fourth-order valence-corrected chi connectivity index (χ4v) is 5.09.